The Hall–Kier alpha value is -2.01. The third-order valence-corrected chi connectivity index (χ3v) is 3.44. The number of amides is 1. The van der Waals surface area contributed by atoms with Crippen molar-refractivity contribution in [1.82, 2.24) is 10.6 Å². The molecule has 0 fully saturated rings. The Morgan fingerprint density at radius 3 is 3.05 bits per heavy atom. The predicted octanol–water partition coefficient (Wildman–Crippen LogP) is 1.11. The highest BCUT2D eigenvalue weighted by atomic mass is 16.6. The molecule has 20 heavy (non-hydrogen) atoms. The smallest absolute Gasteiger partial charge is 0.255 e. The van der Waals surface area contributed by atoms with E-state index < -0.39 is 0 Å². The van der Waals surface area contributed by atoms with Crippen molar-refractivity contribution in [3.05, 3.63) is 35.4 Å². The van der Waals surface area contributed by atoms with Crippen LogP contribution in [0, 0.1) is 0 Å². The summed E-state index contributed by atoms with van der Waals surface area (Å²) in [5.41, 5.74) is 1.80. The average Bonchev–Trinajstić information content (AvgIpc) is 2.53. The molecule has 0 unspecified atom stereocenters. The second-order valence-electron chi connectivity index (χ2n) is 4.83. The third-order valence-electron chi connectivity index (χ3n) is 3.44. The fourth-order valence-corrected chi connectivity index (χ4v) is 2.37. The largest absolute Gasteiger partial charge is 0.486 e. The molecule has 2 aliphatic rings. The molecule has 1 aromatic rings. The summed E-state index contributed by atoms with van der Waals surface area (Å²) >= 11 is 0. The summed E-state index contributed by atoms with van der Waals surface area (Å²) in [6.07, 6.45) is 3.11. The van der Waals surface area contributed by atoms with Crippen LogP contribution < -0.4 is 20.1 Å². The van der Waals surface area contributed by atoms with Gasteiger partial charge in [0.2, 0.25) is 0 Å². The summed E-state index contributed by atoms with van der Waals surface area (Å²) in [6.45, 7) is 3.44. The van der Waals surface area contributed by atoms with Crippen LogP contribution in [0.1, 0.15) is 16.8 Å². The van der Waals surface area contributed by atoms with E-state index in [4.69, 9.17) is 9.47 Å². The van der Waals surface area contributed by atoms with Crippen molar-refractivity contribution in [2.45, 2.75) is 6.42 Å². The number of carbonyl (C=O) groups excluding carboxylic acids is 1. The van der Waals surface area contributed by atoms with Gasteiger partial charge in [0.05, 0.1) is 5.56 Å². The lowest BCUT2D eigenvalue weighted by atomic mass is 10.1. The summed E-state index contributed by atoms with van der Waals surface area (Å²) in [4.78, 5) is 12.3. The molecule has 0 aliphatic carbocycles. The van der Waals surface area contributed by atoms with Crippen molar-refractivity contribution >= 4 is 5.91 Å². The minimum absolute atomic E-state index is 0.119. The minimum atomic E-state index is -0.119. The van der Waals surface area contributed by atoms with Crippen LogP contribution in [0.4, 0.5) is 0 Å². The highest BCUT2D eigenvalue weighted by Crippen LogP contribution is 2.33. The molecule has 0 saturated carbocycles. The molecule has 3 rings (SSSR count). The van der Waals surface area contributed by atoms with Crippen LogP contribution in [-0.2, 0) is 0 Å². The van der Waals surface area contributed by atoms with Gasteiger partial charge in [0.15, 0.2) is 11.5 Å². The molecular weight excluding hydrogens is 256 g/mol. The van der Waals surface area contributed by atoms with Gasteiger partial charge < -0.3 is 20.1 Å². The lowest BCUT2D eigenvalue weighted by molar-refractivity contribution is 0.0945. The zero-order chi connectivity index (χ0) is 13.8. The van der Waals surface area contributed by atoms with E-state index in [1.165, 1.54) is 5.57 Å². The molecule has 2 N–H and O–H groups in total. The Balaban J connectivity index is 1.69. The van der Waals surface area contributed by atoms with Crippen LogP contribution in [0.15, 0.2) is 29.8 Å². The SMILES string of the molecule is O=C(NCC1=CCNCC1)c1cccc2c1OCCO2. The lowest BCUT2D eigenvalue weighted by Gasteiger charge is -2.21. The number of ether oxygens (including phenoxy) is 2. The molecule has 0 spiro atoms. The number of benzene rings is 1. The van der Waals surface area contributed by atoms with E-state index in [0.29, 0.717) is 36.8 Å². The number of hydrogen-bond donors (Lipinski definition) is 2. The molecule has 5 nitrogen and oxygen atoms in total. The van der Waals surface area contributed by atoms with Crippen LogP contribution in [0.3, 0.4) is 0 Å². The van der Waals surface area contributed by atoms with Crippen LogP contribution in [-0.4, -0.2) is 38.8 Å². The normalized spacial score (nSPS) is 17.3. The zero-order valence-corrected chi connectivity index (χ0v) is 11.3. The minimum Gasteiger partial charge on any atom is -0.486 e. The highest BCUT2D eigenvalue weighted by Gasteiger charge is 2.20. The van der Waals surface area contributed by atoms with Gasteiger partial charge in [-0.2, -0.15) is 0 Å². The van der Waals surface area contributed by atoms with E-state index in [-0.39, 0.29) is 5.91 Å². The predicted molar refractivity (Wildman–Crippen MR) is 75.3 cm³/mol. The standard InChI is InChI=1S/C15H18N2O3/c18-15(17-10-11-4-6-16-7-5-11)12-2-1-3-13-14(12)20-9-8-19-13/h1-4,16H,5-10H2,(H,17,18). The van der Waals surface area contributed by atoms with Crippen molar-refractivity contribution in [3.8, 4) is 11.5 Å². The second kappa shape index (κ2) is 5.96. The summed E-state index contributed by atoms with van der Waals surface area (Å²) in [5, 5.41) is 6.20. The quantitative estimate of drug-likeness (QED) is 0.811. The number of hydrogen-bond acceptors (Lipinski definition) is 4. The molecule has 1 aromatic carbocycles. The van der Waals surface area contributed by atoms with Crippen molar-refractivity contribution in [2.75, 3.05) is 32.8 Å². The van der Waals surface area contributed by atoms with Crippen molar-refractivity contribution in [1.29, 1.82) is 0 Å². The molecule has 106 valence electrons. The van der Waals surface area contributed by atoms with Gasteiger partial charge in [0, 0.05) is 13.1 Å². The molecule has 0 radical (unpaired) electrons. The van der Waals surface area contributed by atoms with Gasteiger partial charge in [-0.25, -0.2) is 0 Å². The monoisotopic (exact) mass is 274 g/mol. The Morgan fingerprint density at radius 2 is 2.20 bits per heavy atom. The number of nitrogens with one attached hydrogen (secondary N) is 2. The molecular formula is C15H18N2O3. The van der Waals surface area contributed by atoms with E-state index in [0.717, 1.165) is 19.5 Å². The van der Waals surface area contributed by atoms with E-state index in [2.05, 4.69) is 16.7 Å². The molecule has 2 aliphatic heterocycles. The second-order valence-corrected chi connectivity index (χ2v) is 4.83. The van der Waals surface area contributed by atoms with Crippen LogP contribution in [0.5, 0.6) is 11.5 Å². The highest BCUT2D eigenvalue weighted by molar-refractivity contribution is 5.98. The fourth-order valence-electron chi connectivity index (χ4n) is 2.37. The van der Waals surface area contributed by atoms with E-state index in [1.807, 2.05) is 12.1 Å². The maximum absolute atomic E-state index is 12.3. The third kappa shape index (κ3) is 2.77. The van der Waals surface area contributed by atoms with Gasteiger partial charge in [0.25, 0.3) is 5.91 Å². The molecule has 2 heterocycles. The molecule has 0 atom stereocenters. The summed E-state index contributed by atoms with van der Waals surface area (Å²) in [6, 6.07) is 5.40. The van der Waals surface area contributed by atoms with E-state index in [9.17, 15) is 4.79 Å². The zero-order valence-electron chi connectivity index (χ0n) is 11.3. The summed E-state index contributed by atoms with van der Waals surface area (Å²) < 4.78 is 11.0. The average molecular weight is 274 g/mol. The van der Waals surface area contributed by atoms with Gasteiger partial charge >= 0.3 is 0 Å². The Labute approximate surface area is 118 Å². The Bertz CT molecular complexity index is 540. The van der Waals surface area contributed by atoms with Gasteiger partial charge in [-0.3, -0.25) is 4.79 Å². The van der Waals surface area contributed by atoms with Gasteiger partial charge in [-0.05, 0) is 25.1 Å². The number of rotatable bonds is 3. The Morgan fingerprint density at radius 1 is 1.30 bits per heavy atom. The molecule has 5 heteroatoms. The number of para-hydroxylation sites is 1. The maximum atomic E-state index is 12.3. The van der Waals surface area contributed by atoms with E-state index in [1.54, 1.807) is 6.07 Å². The van der Waals surface area contributed by atoms with Crippen LogP contribution in [0.2, 0.25) is 0 Å². The first-order valence-corrected chi connectivity index (χ1v) is 6.90. The van der Waals surface area contributed by atoms with Crippen LogP contribution >= 0.6 is 0 Å². The van der Waals surface area contributed by atoms with E-state index >= 15 is 0 Å². The first kappa shape index (κ1) is 13.0. The molecule has 0 saturated heterocycles. The van der Waals surface area contributed by atoms with Crippen molar-refractivity contribution in [2.24, 2.45) is 0 Å². The Kier molecular flexibility index (Phi) is 3.87. The summed E-state index contributed by atoms with van der Waals surface area (Å²) in [5.74, 6) is 1.08. The van der Waals surface area contributed by atoms with Gasteiger partial charge in [0.1, 0.15) is 13.2 Å². The molecule has 0 aromatic heterocycles. The summed E-state index contributed by atoms with van der Waals surface area (Å²) in [7, 11) is 0. The first-order valence-electron chi connectivity index (χ1n) is 6.90. The maximum Gasteiger partial charge on any atom is 0.255 e. The number of fused-ring (bicyclic) bond motifs is 1. The van der Waals surface area contributed by atoms with Gasteiger partial charge in [-0.1, -0.05) is 17.7 Å². The number of carbonyl (C=O) groups is 1. The lowest BCUT2D eigenvalue weighted by Crippen LogP contribution is -2.30. The first-order chi connectivity index (χ1) is 9.84. The van der Waals surface area contributed by atoms with Crippen LogP contribution in [0.25, 0.3) is 0 Å². The molecule has 0 bridgehead atoms. The van der Waals surface area contributed by atoms with Gasteiger partial charge in [-0.15, -0.1) is 0 Å². The topological polar surface area (TPSA) is 59.6 Å². The fraction of sp³-hybridized carbons (Fsp3) is 0.400. The van der Waals surface area contributed by atoms with Crippen molar-refractivity contribution < 1.29 is 14.3 Å². The van der Waals surface area contributed by atoms with Crippen molar-refractivity contribution in [3.63, 3.8) is 0 Å². The molecule has 1 amide bonds.